The second kappa shape index (κ2) is 11.0. The Bertz CT molecular complexity index is 1300. The minimum atomic E-state index is -3.70. The number of aryl methyl sites for hydroxylation is 1. The molecule has 1 aliphatic carbocycles. The van der Waals surface area contributed by atoms with Gasteiger partial charge in [0, 0.05) is 23.2 Å². The Morgan fingerprint density at radius 2 is 1.53 bits per heavy atom. The van der Waals surface area contributed by atoms with Crippen molar-refractivity contribution >= 4 is 21.6 Å². The molecule has 1 saturated carbocycles. The number of amides is 1. The molecule has 36 heavy (non-hydrogen) atoms. The average molecular weight is 509 g/mol. The highest BCUT2D eigenvalue weighted by Gasteiger charge is 2.29. The molecule has 0 bridgehead atoms. The number of nitrogens with one attached hydrogen (secondary N) is 2. The van der Waals surface area contributed by atoms with Crippen LogP contribution in [0.2, 0.25) is 0 Å². The number of benzene rings is 3. The van der Waals surface area contributed by atoms with Crippen LogP contribution in [-0.4, -0.2) is 34.6 Å². The Morgan fingerprint density at radius 3 is 2.19 bits per heavy atom. The van der Waals surface area contributed by atoms with Crippen molar-refractivity contribution in [3.63, 3.8) is 0 Å². The number of sulfonamides is 1. The van der Waals surface area contributed by atoms with Crippen molar-refractivity contribution < 1.29 is 22.7 Å². The molecule has 0 heterocycles. The third-order valence-corrected chi connectivity index (χ3v) is 8.05. The van der Waals surface area contributed by atoms with Crippen molar-refractivity contribution in [1.29, 1.82) is 0 Å². The quantitative estimate of drug-likeness (QED) is 0.432. The lowest BCUT2D eigenvalue weighted by atomic mass is 9.79. The third kappa shape index (κ3) is 5.82. The molecule has 190 valence electrons. The van der Waals surface area contributed by atoms with Gasteiger partial charge in [-0.3, -0.25) is 9.52 Å². The van der Waals surface area contributed by atoms with Crippen LogP contribution in [0.1, 0.15) is 53.1 Å². The summed E-state index contributed by atoms with van der Waals surface area (Å²) in [6.07, 6.45) is 4.01. The predicted octanol–water partition coefficient (Wildman–Crippen LogP) is 5.27. The van der Waals surface area contributed by atoms with Gasteiger partial charge in [-0.25, -0.2) is 8.42 Å². The van der Waals surface area contributed by atoms with Gasteiger partial charge in [-0.15, -0.1) is 0 Å². The highest BCUT2D eigenvalue weighted by atomic mass is 32.2. The molecular weight excluding hydrogens is 476 g/mol. The Hall–Kier alpha value is -3.52. The Balaban J connectivity index is 1.45. The fourth-order valence-electron chi connectivity index (χ4n) is 4.66. The summed E-state index contributed by atoms with van der Waals surface area (Å²) in [6, 6.07) is 19.0. The minimum absolute atomic E-state index is 0.0101. The predicted molar refractivity (Wildman–Crippen MR) is 140 cm³/mol. The first-order valence-electron chi connectivity index (χ1n) is 12.0. The highest BCUT2D eigenvalue weighted by Crippen LogP contribution is 2.37. The molecule has 0 unspecified atom stereocenters. The maximum Gasteiger partial charge on any atom is 0.261 e. The number of methoxy groups -OCH3 is 2. The van der Waals surface area contributed by atoms with Crippen LogP contribution in [0.15, 0.2) is 71.6 Å². The zero-order valence-corrected chi connectivity index (χ0v) is 21.6. The lowest BCUT2D eigenvalue weighted by molar-refractivity contribution is 0.0920. The van der Waals surface area contributed by atoms with Gasteiger partial charge in [-0.2, -0.15) is 0 Å². The fraction of sp³-hybridized carbons (Fsp3) is 0.321. The van der Waals surface area contributed by atoms with Crippen LogP contribution < -0.4 is 19.5 Å². The smallest absolute Gasteiger partial charge is 0.261 e. The van der Waals surface area contributed by atoms with Crippen molar-refractivity contribution in [3.8, 4) is 11.5 Å². The van der Waals surface area contributed by atoms with Gasteiger partial charge >= 0.3 is 0 Å². The molecule has 2 N–H and O–H groups in total. The summed E-state index contributed by atoms with van der Waals surface area (Å²) in [7, 11) is -0.476. The monoisotopic (exact) mass is 508 g/mol. The zero-order chi connectivity index (χ0) is 25.7. The number of ether oxygens (including phenoxy) is 2. The van der Waals surface area contributed by atoms with E-state index in [4.69, 9.17) is 9.47 Å². The molecule has 4 rings (SSSR count). The van der Waals surface area contributed by atoms with E-state index in [1.54, 1.807) is 62.8 Å². The maximum atomic E-state index is 13.1. The molecule has 0 spiro atoms. The molecule has 3 aromatic carbocycles. The van der Waals surface area contributed by atoms with E-state index in [-0.39, 0.29) is 22.8 Å². The fourth-order valence-corrected chi connectivity index (χ4v) is 5.72. The number of carbonyl (C=O) groups is 1. The maximum absolute atomic E-state index is 13.1. The van der Waals surface area contributed by atoms with Crippen molar-refractivity contribution in [1.82, 2.24) is 5.32 Å². The summed E-state index contributed by atoms with van der Waals surface area (Å²) in [5.74, 6) is 1.34. The van der Waals surface area contributed by atoms with Gasteiger partial charge in [0.1, 0.15) is 0 Å². The third-order valence-electron chi connectivity index (χ3n) is 6.65. The summed E-state index contributed by atoms with van der Waals surface area (Å²) in [6.45, 7) is 1.90. The molecule has 1 aliphatic rings. The molecule has 1 fully saturated rings. The first-order valence-corrected chi connectivity index (χ1v) is 13.5. The van der Waals surface area contributed by atoms with Crippen molar-refractivity contribution in [2.75, 3.05) is 18.9 Å². The van der Waals surface area contributed by atoms with Crippen LogP contribution in [0, 0.1) is 6.92 Å². The van der Waals surface area contributed by atoms with E-state index in [0.29, 0.717) is 22.7 Å². The van der Waals surface area contributed by atoms with E-state index in [1.807, 2.05) is 25.1 Å². The van der Waals surface area contributed by atoms with E-state index in [9.17, 15) is 13.2 Å². The average Bonchev–Trinajstić information content (AvgIpc) is 2.89. The van der Waals surface area contributed by atoms with Gasteiger partial charge in [0.25, 0.3) is 15.9 Å². The summed E-state index contributed by atoms with van der Waals surface area (Å²) in [4.78, 5) is 13.3. The number of anilines is 1. The van der Waals surface area contributed by atoms with Crippen molar-refractivity contribution in [2.24, 2.45) is 0 Å². The molecule has 0 radical (unpaired) electrons. The van der Waals surface area contributed by atoms with E-state index >= 15 is 0 Å². The topological polar surface area (TPSA) is 93.7 Å². The van der Waals surface area contributed by atoms with E-state index in [2.05, 4.69) is 10.0 Å². The highest BCUT2D eigenvalue weighted by molar-refractivity contribution is 7.92. The Labute approximate surface area is 212 Å². The van der Waals surface area contributed by atoms with E-state index in [0.717, 1.165) is 36.8 Å². The molecule has 0 aromatic heterocycles. The summed E-state index contributed by atoms with van der Waals surface area (Å²) in [5.41, 5.74) is 2.96. The molecule has 0 saturated heterocycles. The van der Waals surface area contributed by atoms with Gasteiger partial charge in [0.15, 0.2) is 11.5 Å². The van der Waals surface area contributed by atoms with E-state index < -0.39 is 10.0 Å². The molecular formula is C28H32N2O5S. The molecule has 7 nitrogen and oxygen atoms in total. The van der Waals surface area contributed by atoms with Crippen LogP contribution in [0.25, 0.3) is 0 Å². The zero-order valence-electron chi connectivity index (χ0n) is 20.8. The lowest BCUT2D eigenvalue weighted by Crippen LogP contribution is -2.41. The minimum Gasteiger partial charge on any atom is -0.493 e. The van der Waals surface area contributed by atoms with Crippen molar-refractivity contribution in [3.05, 3.63) is 83.4 Å². The van der Waals surface area contributed by atoms with Gasteiger partial charge in [0.2, 0.25) is 0 Å². The second-order valence-corrected chi connectivity index (χ2v) is 10.8. The SMILES string of the molecule is COc1ccc([C@@H]2CCCC[C@H]2NC(=O)c2ccc(NS(=O)(=O)c3ccc(C)cc3)cc2)cc1OC. The van der Waals surface area contributed by atoms with Gasteiger partial charge in [0.05, 0.1) is 19.1 Å². The molecule has 1 amide bonds. The van der Waals surface area contributed by atoms with Gasteiger partial charge < -0.3 is 14.8 Å². The van der Waals surface area contributed by atoms with Gasteiger partial charge in [-0.1, -0.05) is 36.6 Å². The number of rotatable bonds is 8. The van der Waals surface area contributed by atoms with E-state index in [1.165, 1.54) is 0 Å². The lowest BCUT2D eigenvalue weighted by Gasteiger charge is -2.33. The molecule has 3 aromatic rings. The summed E-state index contributed by atoms with van der Waals surface area (Å²) in [5, 5.41) is 3.20. The van der Waals surface area contributed by atoms with Crippen LogP contribution in [0.5, 0.6) is 11.5 Å². The largest absolute Gasteiger partial charge is 0.493 e. The van der Waals surface area contributed by atoms with Crippen molar-refractivity contribution in [2.45, 2.75) is 49.5 Å². The standard InChI is InChI=1S/C28H32N2O5S/c1-19-8-15-23(16-9-19)36(32,33)30-22-13-10-20(11-14-22)28(31)29-25-7-5-4-6-24(25)21-12-17-26(34-2)27(18-21)35-3/h8-18,24-25,30H,4-7H2,1-3H3,(H,29,31)/t24-,25+/m0/s1. The van der Waals surface area contributed by atoms with Crippen LogP contribution in [0.4, 0.5) is 5.69 Å². The Kier molecular flexibility index (Phi) is 7.84. The Morgan fingerprint density at radius 1 is 0.861 bits per heavy atom. The van der Waals surface area contributed by atoms with Crippen LogP contribution >= 0.6 is 0 Å². The second-order valence-electron chi connectivity index (χ2n) is 9.08. The number of carbonyl (C=O) groups excluding carboxylic acids is 1. The first-order chi connectivity index (χ1) is 17.3. The molecule has 2 atom stereocenters. The number of hydrogen-bond acceptors (Lipinski definition) is 5. The molecule has 0 aliphatic heterocycles. The van der Waals surface area contributed by atoms with Gasteiger partial charge in [-0.05, 0) is 73.9 Å². The first kappa shape index (κ1) is 25.6. The summed E-state index contributed by atoms with van der Waals surface area (Å²) >= 11 is 0. The summed E-state index contributed by atoms with van der Waals surface area (Å²) < 4.78 is 38.7. The van der Waals surface area contributed by atoms with Crippen LogP contribution in [-0.2, 0) is 10.0 Å². The van der Waals surface area contributed by atoms with Crippen LogP contribution in [0.3, 0.4) is 0 Å². The normalized spacial score (nSPS) is 17.8. The molecule has 8 heteroatoms. The number of hydrogen-bond donors (Lipinski definition) is 2.